The lowest BCUT2D eigenvalue weighted by Gasteiger charge is -2.05. The van der Waals surface area contributed by atoms with Crippen LogP contribution in [0.5, 0.6) is 0 Å². The summed E-state index contributed by atoms with van der Waals surface area (Å²) in [5, 5.41) is 0.930. The molecule has 5 heteroatoms. The molecule has 0 fully saturated rings. The Morgan fingerprint density at radius 1 is 1.33 bits per heavy atom. The Morgan fingerprint density at radius 2 is 2.06 bits per heavy atom. The monoisotopic (exact) mass is 280 g/mol. The van der Waals surface area contributed by atoms with Gasteiger partial charge in [-0.05, 0) is 44.5 Å². The fourth-order valence-corrected chi connectivity index (χ4v) is 4.09. The van der Waals surface area contributed by atoms with E-state index in [4.69, 9.17) is 5.73 Å². The number of aryl methyl sites for hydroxylation is 3. The van der Waals surface area contributed by atoms with Crippen LogP contribution in [0.25, 0.3) is 0 Å². The summed E-state index contributed by atoms with van der Waals surface area (Å²) in [6.45, 7) is 5.95. The van der Waals surface area contributed by atoms with Crippen molar-refractivity contribution >= 4 is 27.8 Å². The smallest absolute Gasteiger partial charge is 0.106 e. The summed E-state index contributed by atoms with van der Waals surface area (Å²) >= 11 is 1.62. The summed E-state index contributed by atoms with van der Waals surface area (Å²) in [7, 11) is -1.06. The number of aromatic nitrogens is 1. The summed E-state index contributed by atoms with van der Waals surface area (Å²) in [5.41, 5.74) is 8.40. The average molecular weight is 280 g/mol. The van der Waals surface area contributed by atoms with E-state index in [0.717, 1.165) is 21.2 Å². The van der Waals surface area contributed by atoms with Gasteiger partial charge < -0.3 is 5.73 Å². The number of hydrogen-bond donors (Lipinski definition) is 1. The summed E-state index contributed by atoms with van der Waals surface area (Å²) < 4.78 is 12.3. The van der Waals surface area contributed by atoms with Crippen molar-refractivity contribution < 1.29 is 4.21 Å². The highest BCUT2D eigenvalue weighted by molar-refractivity contribution is 7.84. The van der Waals surface area contributed by atoms with Gasteiger partial charge in [-0.1, -0.05) is 0 Å². The fourth-order valence-electron chi connectivity index (χ4n) is 1.72. The highest BCUT2D eigenvalue weighted by Gasteiger charge is 2.12. The van der Waals surface area contributed by atoms with E-state index >= 15 is 0 Å². The third kappa shape index (κ3) is 2.79. The van der Waals surface area contributed by atoms with E-state index in [1.165, 1.54) is 4.88 Å². The van der Waals surface area contributed by atoms with E-state index < -0.39 is 10.8 Å². The standard InChI is InChI=1S/C13H16N2OS2/c1-8-6-11(14)4-5-12(8)18(16)7-13-15-9(2)10(3)17-13/h4-6H,7,14H2,1-3H3. The molecule has 96 valence electrons. The third-order valence-corrected chi connectivity index (χ3v) is 5.51. The third-order valence-electron chi connectivity index (χ3n) is 2.77. The Morgan fingerprint density at radius 3 is 2.61 bits per heavy atom. The van der Waals surface area contributed by atoms with Crippen molar-refractivity contribution in [2.45, 2.75) is 31.4 Å². The zero-order chi connectivity index (χ0) is 13.3. The summed E-state index contributed by atoms with van der Waals surface area (Å²) in [4.78, 5) is 6.46. The molecular formula is C13H16N2OS2. The lowest BCUT2D eigenvalue weighted by Crippen LogP contribution is -1.99. The van der Waals surface area contributed by atoms with Crippen LogP contribution in [-0.4, -0.2) is 9.19 Å². The number of rotatable bonds is 3. The van der Waals surface area contributed by atoms with E-state index in [1.54, 1.807) is 17.4 Å². The molecule has 1 aromatic heterocycles. The average Bonchev–Trinajstić information content (AvgIpc) is 2.57. The van der Waals surface area contributed by atoms with E-state index in [9.17, 15) is 4.21 Å². The molecule has 0 aliphatic rings. The molecule has 1 heterocycles. The zero-order valence-corrected chi connectivity index (χ0v) is 12.3. The maximum absolute atomic E-state index is 12.3. The summed E-state index contributed by atoms with van der Waals surface area (Å²) in [6, 6.07) is 5.48. The molecule has 0 saturated heterocycles. The minimum absolute atomic E-state index is 0.476. The van der Waals surface area contributed by atoms with Crippen LogP contribution in [-0.2, 0) is 16.6 Å². The summed E-state index contributed by atoms with van der Waals surface area (Å²) in [6.07, 6.45) is 0. The Balaban J connectivity index is 2.22. The predicted octanol–water partition coefficient (Wildman–Crippen LogP) is 2.96. The first-order valence-corrected chi connectivity index (χ1v) is 7.78. The van der Waals surface area contributed by atoms with E-state index in [2.05, 4.69) is 4.98 Å². The second-order valence-corrected chi connectivity index (χ2v) is 6.97. The topological polar surface area (TPSA) is 56.0 Å². The van der Waals surface area contributed by atoms with Crippen LogP contribution in [0.1, 0.15) is 21.1 Å². The maximum atomic E-state index is 12.3. The van der Waals surface area contributed by atoms with Crippen LogP contribution in [0.15, 0.2) is 23.1 Å². The van der Waals surface area contributed by atoms with Crippen LogP contribution < -0.4 is 5.73 Å². The van der Waals surface area contributed by atoms with Gasteiger partial charge in [-0.3, -0.25) is 4.21 Å². The normalized spacial score (nSPS) is 12.6. The molecule has 1 atom stereocenters. The molecular weight excluding hydrogens is 264 g/mol. The molecule has 1 unspecified atom stereocenters. The predicted molar refractivity (Wildman–Crippen MR) is 77.3 cm³/mol. The molecule has 0 saturated carbocycles. The molecule has 0 radical (unpaired) electrons. The highest BCUT2D eigenvalue weighted by Crippen LogP contribution is 2.22. The van der Waals surface area contributed by atoms with Crippen molar-refractivity contribution in [2.24, 2.45) is 0 Å². The van der Waals surface area contributed by atoms with Gasteiger partial charge in [0.1, 0.15) is 5.01 Å². The molecule has 0 aliphatic heterocycles. The van der Waals surface area contributed by atoms with Crippen molar-refractivity contribution in [2.75, 3.05) is 5.73 Å². The number of nitrogen functional groups attached to an aromatic ring is 1. The minimum atomic E-state index is -1.06. The zero-order valence-electron chi connectivity index (χ0n) is 10.7. The van der Waals surface area contributed by atoms with Gasteiger partial charge in [-0.25, -0.2) is 4.98 Å². The van der Waals surface area contributed by atoms with Crippen LogP contribution >= 0.6 is 11.3 Å². The van der Waals surface area contributed by atoms with Gasteiger partial charge >= 0.3 is 0 Å². The Labute approximate surface area is 114 Å². The van der Waals surface area contributed by atoms with Gasteiger partial charge in [0.2, 0.25) is 0 Å². The van der Waals surface area contributed by atoms with Gasteiger partial charge in [0, 0.05) is 15.5 Å². The molecule has 1 aromatic carbocycles. The SMILES string of the molecule is Cc1cc(N)ccc1S(=O)Cc1nc(C)c(C)s1. The lowest BCUT2D eigenvalue weighted by molar-refractivity contribution is 0.682. The van der Waals surface area contributed by atoms with Gasteiger partial charge in [0.25, 0.3) is 0 Å². The Bertz CT molecular complexity index is 586. The molecule has 2 aromatic rings. The fraction of sp³-hybridized carbons (Fsp3) is 0.308. The van der Waals surface area contributed by atoms with Crippen molar-refractivity contribution in [1.82, 2.24) is 4.98 Å². The van der Waals surface area contributed by atoms with Crippen molar-refractivity contribution in [3.05, 3.63) is 39.3 Å². The Hall–Kier alpha value is -1.20. The lowest BCUT2D eigenvalue weighted by atomic mass is 10.2. The van der Waals surface area contributed by atoms with Gasteiger partial charge in [-0.2, -0.15) is 0 Å². The van der Waals surface area contributed by atoms with Crippen LogP contribution in [0.2, 0.25) is 0 Å². The maximum Gasteiger partial charge on any atom is 0.106 e. The minimum Gasteiger partial charge on any atom is -0.399 e. The molecule has 0 amide bonds. The number of thiazole rings is 1. The van der Waals surface area contributed by atoms with Gasteiger partial charge in [0.05, 0.1) is 22.2 Å². The quantitative estimate of drug-likeness (QED) is 0.879. The number of nitrogens with two attached hydrogens (primary N) is 1. The molecule has 18 heavy (non-hydrogen) atoms. The van der Waals surface area contributed by atoms with Crippen LogP contribution in [0, 0.1) is 20.8 Å². The second-order valence-electron chi connectivity index (χ2n) is 4.26. The largest absolute Gasteiger partial charge is 0.399 e. The molecule has 0 bridgehead atoms. The Kier molecular flexibility index (Phi) is 3.82. The number of benzene rings is 1. The number of hydrogen-bond acceptors (Lipinski definition) is 4. The van der Waals surface area contributed by atoms with E-state index in [1.807, 2.05) is 32.9 Å². The number of anilines is 1. The number of nitrogens with zero attached hydrogens (tertiary/aromatic N) is 1. The van der Waals surface area contributed by atoms with Crippen molar-refractivity contribution in [1.29, 1.82) is 0 Å². The first-order valence-electron chi connectivity index (χ1n) is 5.65. The van der Waals surface area contributed by atoms with Crippen molar-refractivity contribution in [3.8, 4) is 0 Å². The highest BCUT2D eigenvalue weighted by atomic mass is 32.2. The molecule has 0 aliphatic carbocycles. The first-order chi connectivity index (χ1) is 8.47. The van der Waals surface area contributed by atoms with Gasteiger partial charge in [0.15, 0.2) is 0 Å². The second kappa shape index (κ2) is 5.20. The molecule has 2 N–H and O–H groups in total. The van der Waals surface area contributed by atoms with Crippen LogP contribution in [0.3, 0.4) is 0 Å². The van der Waals surface area contributed by atoms with Crippen molar-refractivity contribution in [3.63, 3.8) is 0 Å². The molecule has 2 rings (SSSR count). The van der Waals surface area contributed by atoms with Gasteiger partial charge in [-0.15, -0.1) is 11.3 Å². The van der Waals surface area contributed by atoms with Crippen LogP contribution in [0.4, 0.5) is 5.69 Å². The molecule has 3 nitrogen and oxygen atoms in total. The summed E-state index contributed by atoms with van der Waals surface area (Å²) in [5.74, 6) is 0.476. The first kappa shape index (κ1) is 13.2. The molecule has 0 spiro atoms. The van der Waals surface area contributed by atoms with E-state index in [-0.39, 0.29) is 0 Å². The van der Waals surface area contributed by atoms with E-state index in [0.29, 0.717) is 11.4 Å².